The summed E-state index contributed by atoms with van der Waals surface area (Å²) in [5.74, 6) is -0.911. The lowest BCUT2D eigenvalue weighted by Crippen LogP contribution is -2.37. The molecule has 1 aromatic rings. The first-order valence-electron chi connectivity index (χ1n) is 9.42. The molecule has 0 saturated carbocycles. The average molecular weight is 394 g/mol. The molecule has 28 heavy (non-hydrogen) atoms. The van der Waals surface area contributed by atoms with Gasteiger partial charge in [0, 0.05) is 19.2 Å². The van der Waals surface area contributed by atoms with Gasteiger partial charge < -0.3 is 19.1 Å². The molecule has 0 spiro atoms. The lowest BCUT2D eigenvalue weighted by atomic mass is 10.1. The van der Waals surface area contributed by atoms with Gasteiger partial charge in [-0.15, -0.1) is 0 Å². The standard InChI is InChI=1S/C19H26N2O7/c1-3-27-17-11-14(15(21(24)25)12-16(17)26-2)19(23)28-13-18(22)20-9-7-5-4-6-8-10-20/h11-12H,3-10,13H2,1-2H3. The van der Waals surface area contributed by atoms with E-state index < -0.39 is 23.2 Å². The van der Waals surface area contributed by atoms with Crippen LogP contribution in [0.5, 0.6) is 11.5 Å². The Morgan fingerprint density at radius 1 is 1.11 bits per heavy atom. The van der Waals surface area contributed by atoms with Gasteiger partial charge in [-0.2, -0.15) is 0 Å². The molecule has 0 atom stereocenters. The van der Waals surface area contributed by atoms with E-state index in [2.05, 4.69) is 0 Å². The van der Waals surface area contributed by atoms with Crippen LogP contribution in [0.3, 0.4) is 0 Å². The van der Waals surface area contributed by atoms with E-state index in [1.807, 2.05) is 0 Å². The van der Waals surface area contributed by atoms with Crippen molar-refractivity contribution < 1.29 is 28.7 Å². The predicted octanol–water partition coefficient (Wildman–Crippen LogP) is 2.95. The van der Waals surface area contributed by atoms with Crippen molar-refractivity contribution in [2.45, 2.75) is 39.0 Å². The third-order valence-electron chi connectivity index (χ3n) is 4.53. The van der Waals surface area contributed by atoms with Gasteiger partial charge in [-0.3, -0.25) is 14.9 Å². The molecule has 9 nitrogen and oxygen atoms in total. The fraction of sp³-hybridized carbons (Fsp3) is 0.579. The smallest absolute Gasteiger partial charge is 0.345 e. The van der Waals surface area contributed by atoms with Crippen LogP contribution in [0.15, 0.2) is 12.1 Å². The summed E-state index contributed by atoms with van der Waals surface area (Å²) in [7, 11) is 1.35. The van der Waals surface area contributed by atoms with Crippen molar-refractivity contribution in [1.82, 2.24) is 4.90 Å². The molecule has 0 unspecified atom stereocenters. The van der Waals surface area contributed by atoms with Gasteiger partial charge in [0.25, 0.3) is 11.6 Å². The summed E-state index contributed by atoms with van der Waals surface area (Å²) in [5, 5.41) is 11.3. The number of nitrogens with zero attached hydrogens (tertiary/aromatic N) is 2. The zero-order valence-corrected chi connectivity index (χ0v) is 16.3. The molecule has 1 aliphatic rings. The molecule has 154 valence electrons. The van der Waals surface area contributed by atoms with E-state index in [9.17, 15) is 19.7 Å². The highest BCUT2D eigenvalue weighted by molar-refractivity contribution is 5.96. The van der Waals surface area contributed by atoms with Gasteiger partial charge in [-0.1, -0.05) is 19.3 Å². The molecule has 0 aromatic heterocycles. The monoisotopic (exact) mass is 394 g/mol. The lowest BCUT2D eigenvalue weighted by Gasteiger charge is -2.24. The summed E-state index contributed by atoms with van der Waals surface area (Å²) in [5.41, 5.74) is -0.751. The van der Waals surface area contributed by atoms with Gasteiger partial charge in [0.2, 0.25) is 0 Å². The summed E-state index contributed by atoms with van der Waals surface area (Å²) in [6.45, 7) is 2.84. The lowest BCUT2D eigenvalue weighted by molar-refractivity contribution is -0.385. The maximum Gasteiger partial charge on any atom is 0.345 e. The van der Waals surface area contributed by atoms with Crippen molar-refractivity contribution >= 4 is 17.6 Å². The molecule has 0 radical (unpaired) electrons. The molecule has 0 aliphatic carbocycles. The SMILES string of the molecule is CCOc1cc(C(=O)OCC(=O)N2CCCCCCC2)c([N+](=O)[O-])cc1OC. The average Bonchev–Trinajstić information content (AvgIpc) is 2.65. The number of esters is 1. The summed E-state index contributed by atoms with van der Waals surface area (Å²) >= 11 is 0. The first-order chi connectivity index (χ1) is 13.5. The number of nitro benzene ring substituents is 1. The fourth-order valence-corrected chi connectivity index (χ4v) is 3.08. The van der Waals surface area contributed by atoms with Crippen LogP contribution in [0.4, 0.5) is 5.69 Å². The van der Waals surface area contributed by atoms with Crippen molar-refractivity contribution in [3.8, 4) is 11.5 Å². The Balaban J connectivity index is 2.12. The van der Waals surface area contributed by atoms with Crippen LogP contribution in [0.1, 0.15) is 49.4 Å². The number of hydrogen-bond acceptors (Lipinski definition) is 7. The third-order valence-corrected chi connectivity index (χ3v) is 4.53. The topological polar surface area (TPSA) is 108 Å². The highest BCUT2D eigenvalue weighted by Gasteiger charge is 2.27. The maximum atomic E-state index is 12.4. The molecule has 1 fully saturated rings. The Bertz CT molecular complexity index is 712. The number of carbonyl (C=O) groups is 2. The molecular formula is C19H26N2O7. The van der Waals surface area contributed by atoms with Gasteiger partial charge >= 0.3 is 5.97 Å². The van der Waals surface area contributed by atoms with E-state index in [4.69, 9.17) is 14.2 Å². The summed E-state index contributed by atoms with van der Waals surface area (Å²) in [6.07, 6.45) is 5.15. The Morgan fingerprint density at radius 2 is 1.75 bits per heavy atom. The quantitative estimate of drug-likeness (QED) is 0.397. The molecule has 9 heteroatoms. The van der Waals surface area contributed by atoms with Crippen molar-refractivity contribution in [3.63, 3.8) is 0 Å². The molecule has 0 bridgehead atoms. The maximum absolute atomic E-state index is 12.4. The number of methoxy groups -OCH3 is 1. The summed E-state index contributed by atoms with van der Waals surface area (Å²) in [6, 6.07) is 2.32. The van der Waals surface area contributed by atoms with Crippen LogP contribution >= 0.6 is 0 Å². The second kappa shape index (κ2) is 10.5. The van der Waals surface area contributed by atoms with E-state index in [-0.39, 0.29) is 29.6 Å². The van der Waals surface area contributed by atoms with Gasteiger partial charge in [0.15, 0.2) is 18.1 Å². The van der Waals surface area contributed by atoms with Crippen LogP contribution in [-0.2, 0) is 9.53 Å². The number of hydrogen-bond donors (Lipinski definition) is 0. The minimum absolute atomic E-state index is 0.141. The van der Waals surface area contributed by atoms with Crippen LogP contribution in [0.2, 0.25) is 0 Å². The molecule has 2 rings (SSSR count). The molecular weight excluding hydrogens is 368 g/mol. The Morgan fingerprint density at radius 3 is 2.32 bits per heavy atom. The number of rotatable bonds is 7. The van der Waals surface area contributed by atoms with Crippen molar-refractivity contribution in [3.05, 3.63) is 27.8 Å². The van der Waals surface area contributed by atoms with Crippen LogP contribution in [0.25, 0.3) is 0 Å². The minimum atomic E-state index is -0.948. The van der Waals surface area contributed by atoms with Crippen molar-refractivity contribution in [2.24, 2.45) is 0 Å². The molecule has 1 heterocycles. The number of carbonyl (C=O) groups excluding carboxylic acids is 2. The molecule has 1 aromatic carbocycles. The first-order valence-corrected chi connectivity index (χ1v) is 9.42. The van der Waals surface area contributed by atoms with Gasteiger partial charge in [-0.25, -0.2) is 4.79 Å². The minimum Gasteiger partial charge on any atom is -0.493 e. The van der Waals surface area contributed by atoms with E-state index in [1.54, 1.807) is 11.8 Å². The molecule has 1 amide bonds. The highest BCUT2D eigenvalue weighted by atomic mass is 16.6. The largest absolute Gasteiger partial charge is 0.493 e. The van der Waals surface area contributed by atoms with E-state index in [0.717, 1.165) is 31.7 Å². The van der Waals surface area contributed by atoms with E-state index >= 15 is 0 Å². The Hall–Kier alpha value is -2.84. The first kappa shape index (κ1) is 21.5. The number of nitro groups is 1. The van der Waals surface area contributed by atoms with Crippen molar-refractivity contribution in [2.75, 3.05) is 33.4 Å². The van der Waals surface area contributed by atoms with Crippen LogP contribution in [0, 0.1) is 10.1 Å². The third kappa shape index (κ3) is 5.58. The highest BCUT2D eigenvalue weighted by Crippen LogP contribution is 2.35. The Labute approximate surface area is 163 Å². The van der Waals surface area contributed by atoms with Crippen LogP contribution in [-0.4, -0.2) is 55.1 Å². The second-order valence-corrected chi connectivity index (χ2v) is 6.44. The number of likely N-dealkylation sites (tertiary alicyclic amines) is 1. The number of benzene rings is 1. The van der Waals surface area contributed by atoms with Crippen LogP contribution < -0.4 is 9.47 Å². The van der Waals surface area contributed by atoms with Gasteiger partial charge in [0.1, 0.15) is 5.56 Å². The molecule has 1 saturated heterocycles. The normalized spacial score (nSPS) is 14.6. The zero-order valence-electron chi connectivity index (χ0n) is 16.3. The summed E-state index contributed by atoms with van der Waals surface area (Å²) < 4.78 is 15.5. The molecule has 0 N–H and O–H groups in total. The van der Waals surface area contributed by atoms with Crippen molar-refractivity contribution in [1.29, 1.82) is 0 Å². The number of amides is 1. The van der Waals surface area contributed by atoms with Gasteiger partial charge in [0.05, 0.1) is 24.7 Å². The fourth-order valence-electron chi connectivity index (χ4n) is 3.08. The predicted molar refractivity (Wildman–Crippen MR) is 101 cm³/mol. The number of ether oxygens (including phenoxy) is 3. The van der Waals surface area contributed by atoms with E-state index in [1.165, 1.54) is 19.6 Å². The van der Waals surface area contributed by atoms with E-state index in [0.29, 0.717) is 13.1 Å². The second-order valence-electron chi connectivity index (χ2n) is 6.44. The summed E-state index contributed by atoms with van der Waals surface area (Å²) in [4.78, 5) is 37.1. The molecule has 1 aliphatic heterocycles. The zero-order chi connectivity index (χ0) is 20.5. The Kier molecular flexibility index (Phi) is 8.03. The van der Waals surface area contributed by atoms with Gasteiger partial charge in [-0.05, 0) is 19.8 Å².